The smallest absolute Gasteiger partial charge is 0.329 e. The lowest BCUT2D eigenvalue weighted by Gasteiger charge is -2.21. The van der Waals surface area contributed by atoms with Crippen LogP contribution in [-0.2, 0) is 23.1 Å². The molecule has 7 heteroatoms. The highest BCUT2D eigenvalue weighted by atomic mass is 16.2. The number of aryl methyl sites for hydroxylation is 2. The van der Waals surface area contributed by atoms with E-state index in [2.05, 4.69) is 5.32 Å². The minimum Gasteiger partial charge on any atom is -0.330 e. The van der Waals surface area contributed by atoms with Crippen LogP contribution in [0.25, 0.3) is 11.0 Å². The minimum absolute atomic E-state index is 0.237. The summed E-state index contributed by atoms with van der Waals surface area (Å²) in [5.74, 6) is -0.695. The van der Waals surface area contributed by atoms with Crippen molar-refractivity contribution in [2.24, 2.45) is 12.8 Å². The van der Waals surface area contributed by atoms with Gasteiger partial charge in [-0.15, -0.1) is 0 Å². The van der Waals surface area contributed by atoms with Gasteiger partial charge in [0.25, 0.3) is 0 Å². The Kier molecular flexibility index (Phi) is 4.53. The van der Waals surface area contributed by atoms with E-state index in [0.29, 0.717) is 13.0 Å². The van der Waals surface area contributed by atoms with E-state index < -0.39 is 11.9 Å². The van der Waals surface area contributed by atoms with Crippen LogP contribution in [0.1, 0.15) is 37.3 Å². The lowest BCUT2D eigenvalue weighted by Crippen LogP contribution is -2.44. The number of hydrogen-bond acceptors (Lipinski definition) is 4. The molecule has 3 N–H and O–H groups in total. The van der Waals surface area contributed by atoms with Gasteiger partial charge >= 0.3 is 5.69 Å². The molecular weight excluding hydrogens is 308 g/mol. The van der Waals surface area contributed by atoms with E-state index in [1.54, 1.807) is 11.6 Å². The predicted molar refractivity (Wildman–Crippen MR) is 90.6 cm³/mol. The van der Waals surface area contributed by atoms with Gasteiger partial charge in [0.15, 0.2) is 0 Å². The monoisotopic (exact) mass is 330 g/mol. The van der Waals surface area contributed by atoms with Gasteiger partial charge in [-0.05, 0) is 49.9 Å². The normalized spacial score (nSPS) is 18.2. The molecule has 0 radical (unpaired) electrons. The van der Waals surface area contributed by atoms with Crippen LogP contribution >= 0.6 is 0 Å². The zero-order chi connectivity index (χ0) is 17.3. The number of nitrogens with two attached hydrogens (primary N) is 1. The van der Waals surface area contributed by atoms with E-state index in [0.717, 1.165) is 35.9 Å². The summed E-state index contributed by atoms with van der Waals surface area (Å²) in [6.07, 6.45) is 3.47. The SMILES string of the molecule is Cn1c(=O)n(C2CCC(=O)NC2=O)c2ccc(CCCCN)cc21. The largest absolute Gasteiger partial charge is 0.330 e. The number of aromatic nitrogens is 2. The van der Waals surface area contributed by atoms with Gasteiger partial charge in [0.05, 0.1) is 11.0 Å². The number of benzene rings is 1. The summed E-state index contributed by atoms with van der Waals surface area (Å²) in [7, 11) is 1.71. The molecule has 0 saturated carbocycles. The molecule has 1 aromatic heterocycles. The molecule has 7 nitrogen and oxygen atoms in total. The molecule has 1 aliphatic heterocycles. The topological polar surface area (TPSA) is 99.1 Å². The Labute approximate surface area is 139 Å². The number of carbonyl (C=O) groups excluding carboxylic acids is 2. The van der Waals surface area contributed by atoms with Crippen LogP contribution in [-0.4, -0.2) is 27.5 Å². The minimum atomic E-state index is -0.637. The summed E-state index contributed by atoms with van der Waals surface area (Å²) in [6, 6.07) is 5.23. The van der Waals surface area contributed by atoms with Gasteiger partial charge in [0.1, 0.15) is 6.04 Å². The van der Waals surface area contributed by atoms with Gasteiger partial charge < -0.3 is 5.73 Å². The molecule has 1 saturated heterocycles. The van der Waals surface area contributed by atoms with E-state index in [-0.39, 0.29) is 18.0 Å². The standard InChI is InChI=1S/C17H22N4O3/c1-20-14-10-11(4-2-3-9-18)5-6-12(14)21(17(20)24)13-7-8-15(22)19-16(13)23/h5-6,10,13H,2-4,7-9,18H2,1H3,(H,19,22,23). The third-order valence-corrected chi connectivity index (χ3v) is 4.60. The summed E-state index contributed by atoms with van der Waals surface area (Å²) >= 11 is 0. The van der Waals surface area contributed by atoms with E-state index in [1.807, 2.05) is 18.2 Å². The van der Waals surface area contributed by atoms with Crippen molar-refractivity contribution in [2.75, 3.05) is 6.54 Å². The summed E-state index contributed by atoms with van der Waals surface area (Å²) in [6.45, 7) is 0.673. The maximum absolute atomic E-state index is 12.6. The first-order chi connectivity index (χ1) is 11.5. The van der Waals surface area contributed by atoms with Crippen LogP contribution < -0.4 is 16.7 Å². The molecule has 0 aliphatic carbocycles. The van der Waals surface area contributed by atoms with E-state index in [9.17, 15) is 14.4 Å². The highest BCUT2D eigenvalue weighted by molar-refractivity contribution is 6.00. The number of unbranched alkanes of at least 4 members (excludes halogenated alkanes) is 1. The van der Waals surface area contributed by atoms with Crippen molar-refractivity contribution < 1.29 is 9.59 Å². The molecule has 1 aromatic carbocycles. The van der Waals surface area contributed by atoms with Gasteiger partial charge in [0, 0.05) is 13.5 Å². The number of rotatable bonds is 5. The quantitative estimate of drug-likeness (QED) is 0.619. The fourth-order valence-corrected chi connectivity index (χ4v) is 3.27. The van der Waals surface area contributed by atoms with Gasteiger partial charge in [-0.2, -0.15) is 0 Å². The fourth-order valence-electron chi connectivity index (χ4n) is 3.27. The first-order valence-corrected chi connectivity index (χ1v) is 8.26. The zero-order valence-electron chi connectivity index (χ0n) is 13.7. The van der Waals surface area contributed by atoms with Crippen LogP contribution in [0, 0.1) is 0 Å². The summed E-state index contributed by atoms with van der Waals surface area (Å²) in [4.78, 5) is 36.1. The Bertz CT molecular complexity index is 849. The van der Waals surface area contributed by atoms with Crippen molar-refractivity contribution in [3.63, 3.8) is 0 Å². The third kappa shape index (κ3) is 2.87. The highest BCUT2D eigenvalue weighted by Gasteiger charge is 2.31. The summed E-state index contributed by atoms with van der Waals surface area (Å²) in [5, 5.41) is 2.32. The Morgan fingerprint density at radius 1 is 1.21 bits per heavy atom. The molecule has 2 heterocycles. The zero-order valence-corrected chi connectivity index (χ0v) is 13.7. The number of amides is 2. The summed E-state index contributed by atoms with van der Waals surface area (Å²) in [5.41, 5.74) is 7.96. The number of fused-ring (bicyclic) bond motifs is 1. The van der Waals surface area contributed by atoms with Gasteiger partial charge in [-0.3, -0.25) is 24.0 Å². The highest BCUT2D eigenvalue weighted by Crippen LogP contribution is 2.24. The fraction of sp³-hybridized carbons (Fsp3) is 0.471. The van der Waals surface area contributed by atoms with Gasteiger partial charge in [-0.25, -0.2) is 4.79 Å². The molecule has 0 spiro atoms. The molecule has 2 aromatic rings. The molecule has 1 fully saturated rings. The van der Waals surface area contributed by atoms with Crippen molar-refractivity contribution in [2.45, 2.75) is 38.1 Å². The second-order valence-corrected chi connectivity index (χ2v) is 6.25. The molecule has 128 valence electrons. The first-order valence-electron chi connectivity index (χ1n) is 8.26. The van der Waals surface area contributed by atoms with Crippen molar-refractivity contribution in [1.29, 1.82) is 0 Å². The van der Waals surface area contributed by atoms with Gasteiger partial charge in [-0.1, -0.05) is 6.07 Å². The predicted octanol–water partition coefficient (Wildman–Crippen LogP) is 0.599. The second-order valence-electron chi connectivity index (χ2n) is 6.25. The molecule has 3 rings (SSSR count). The average Bonchev–Trinajstić information content (AvgIpc) is 2.80. The van der Waals surface area contributed by atoms with Crippen LogP contribution in [0.2, 0.25) is 0 Å². The van der Waals surface area contributed by atoms with Crippen molar-refractivity contribution in [3.05, 3.63) is 34.2 Å². The molecule has 1 aliphatic rings. The maximum atomic E-state index is 12.6. The van der Waals surface area contributed by atoms with Crippen molar-refractivity contribution in [3.8, 4) is 0 Å². The summed E-state index contributed by atoms with van der Waals surface area (Å²) < 4.78 is 3.06. The number of carbonyl (C=O) groups is 2. The van der Waals surface area contributed by atoms with Crippen molar-refractivity contribution >= 4 is 22.8 Å². The van der Waals surface area contributed by atoms with Gasteiger partial charge in [0.2, 0.25) is 11.8 Å². The average molecular weight is 330 g/mol. The molecule has 24 heavy (non-hydrogen) atoms. The molecular formula is C17H22N4O3. The van der Waals surface area contributed by atoms with Crippen LogP contribution in [0.3, 0.4) is 0 Å². The van der Waals surface area contributed by atoms with Crippen LogP contribution in [0.15, 0.2) is 23.0 Å². The number of nitrogens with one attached hydrogen (secondary N) is 1. The lowest BCUT2D eigenvalue weighted by molar-refractivity contribution is -0.135. The lowest BCUT2D eigenvalue weighted by atomic mass is 10.0. The molecule has 1 unspecified atom stereocenters. The van der Waals surface area contributed by atoms with E-state index >= 15 is 0 Å². The number of piperidine rings is 1. The first kappa shape index (κ1) is 16.4. The van der Waals surface area contributed by atoms with Crippen LogP contribution in [0.4, 0.5) is 0 Å². The number of nitrogens with zero attached hydrogens (tertiary/aromatic N) is 2. The molecule has 0 bridgehead atoms. The van der Waals surface area contributed by atoms with E-state index in [1.165, 1.54) is 4.57 Å². The number of imide groups is 1. The Hall–Kier alpha value is -2.41. The Balaban J connectivity index is 2.00. The van der Waals surface area contributed by atoms with Crippen molar-refractivity contribution in [1.82, 2.24) is 14.5 Å². The Morgan fingerprint density at radius 3 is 2.71 bits per heavy atom. The third-order valence-electron chi connectivity index (χ3n) is 4.60. The second kappa shape index (κ2) is 6.60. The molecule has 2 amide bonds. The maximum Gasteiger partial charge on any atom is 0.329 e. The Morgan fingerprint density at radius 2 is 2.00 bits per heavy atom. The number of imidazole rings is 1. The van der Waals surface area contributed by atoms with Crippen LogP contribution in [0.5, 0.6) is 0 Å². The molecule has 1 atom stereocenters. The number of hydrogen-bond donors (Lipinski definition) is 2. The van der Waals surface area contributed by atoms with E-state index in [4.69, 9.17) is 5.73 Å².